The Morgan fingerprint density at radius 3 is 2.32 bits per heavy atom. The van der Waals surface area contributed by atoms with Gasteiger partial charge in [0.2, 0.25) is 0 Å². The smallest absolute Gasteiger partial charge is 0.251 e. The number of rotatable bonds is 3. The van der Waals surface area contributed by atoms with Gasteiger partial charge in [0, 0.05) is 18.7 Å². The summed E-state index contributed by atoms with van der Waals surface area (Å²) in [5.41, 5.74) is 5.82. The number of hydrogen-bond donors (Lipinski definition) is 2. The summed E-state index contributed by atoms with van der Waals surface area (Å²) < 4.78 is 0. The number of fused-ring (bicyclic) bond motifs is 1. The molecule has 2 aromatic carbocycles. The van der Waals surface area contributed by atoms with Crippen molar-refractivity contribution in [2.45, 2.75) is 52.2 Å². The van der Waals surface area contributed by atoms with E-state index in [9.17, 15) is 4.79 Å². The topological polar surface area (TPSA) is 41.1 Å². The van der Waals surface area contributed by atoms with Crippen molar-refractivity contribution < 1.29 is 4.79 Å². The number of benzene rings is 2. The summed E-state index contributed by atoms with van der Waals surface area (Å²) in [7, 11) is 0. The number of carbonyl (C=O) groups is 1. The SMILES string of the molecule is CC(NC(=O)c1ccc2c(c1)CNC2)c1ccc(C(C)(C)C)cc1.Cl. The molecule has 0 radical (unpaired) electrons. The fourth-order valence-corrected chi connectivity index (χ4v) is 3.07. The Balaban J connectivity index is 0.00000225. The maximum absolute atomic E-state index is 12.5. The van der Waals surface area contributed by atoms with Crippen LogP contribution in [0.15, 0.2) is 42.5 Å². The van der Waals surface area contributed by atoms with Gasteiger partial charge in [-0.15, -0.1) is 12.4 Å². The minimum absolute atomic E-state index is 0. The predicted molar refractivity (Wildman–Crippen MR) is 105 cm³/mol. The van der Waals surface area contributed by atoms with Gasteiger partial charge in [-0.3, -0.25) is 4.79 Å². The van der Waals surface area contributed by atoms with Crippen LogP contribution in [0.3, 0.4) is 0 Å². The monoisotopic (exact) mass is 358 g/mol. The third-order valence-electron chi connectivity index (χ3n) is 4.72. The van der Waals surface area contributed by atoms with Crippen LogP contribution in [0.25, 0.3) is 0 Å². The Bertz CT molecular complexity index is 747. The molecule has 0 aliphatic carbocycles. The molecular weight excluding hydrogens is 332 g/mol. The second-order valence-corrected chi connectivity index (χ2v) is 7.65. The molecule has 1 amide bonds. The summed E-state index contributed by atoms with van der Waals surface area (Å²) >= 11 is 0. The van der Waals surface area contributed by atoms with E-state index in [1.54, 1.807) is 0 Å². The number of halogens is 1. The first kappa shape index (κ1) is 19.5. The molecule has 1 unspecified atom stereocenters. The van der Waals surface area contributed by atoms with Gasteiger partial charge in [-0.25, -0.2) is 0 Å². The molecule has 0 saturated carbocycles. The van der Waals surface area contributed by atoms with Gasteiger partial charge in [0.1, 0.15) is 0 Å². The van der Waals surface area contributed by atoms with Crippen molar-refractivity contribution in [3.8, 4) is 0 Å². The third kappa shape index (κ3) is 4.42. The van der Waals surface area contributed by atoms with Crippen LogP contribution in [-0.4, -0.2) is 5.91 Å². The van der Waals surface area contributed by atoms with Crippen LogP contribution < -0.4 is 10.6 Å². The average molecular weight is 359 g/mol. The molecule has 0 saturated heterocycles. The van der Waals surface area contributed by atoms with Crippen molar-refractivity contribution in [2.24, 2.45) is 0 Å². The molecule has 0 bridgehead atoms. The highest BCUT2D eigenvalue weighted by atomic mass is 35.5. The fraction of sp³-hybridized carbons (Fsp3) is 0.381. The van der Waals surface area contributed by atoms with Crippen LogP contribution in [0.1, 0.15) is 66.3 Å². The first-order valence-corrected chi connectivity index (χ1v) is 8.58. The molecule has 0 aromatic heterocycles. The lowest BCUT2D eigenvalue weighted by Gasteiger charge is -2.21. The highest BCUT2D eigenvalue weighted by Crippen LogP contribution is 2.24. The van der Waals surface area contributed by atoms with Crippen LogP contribution in [0.5, 0.6) is 0 Å². The quantitative estimate of drug-likeness (QED) is 0.848. The van der Waals surface area contributed by atoms with E-state index in [0.717, 1.165) is 24.2 Å². The van der Waals surface area contributed by atoms with Crippen molar-refractivity contribution in [1.82, 2.24) is 10.6 Å². The van der Waals surface area contributed by atoms with E-state index in [1.165, 1.54) is 16.7 Å². The Labute approximate surface area is 156 Å². The summed E-state index contributed by atoms with van der Waals surface area (Å²) in [4.78, 5) is 12.5. The van der Waals surface area contributed by atoms with E-state index in [0.29, 0.717) is 0 Å². The second-order valence-electron chi connectivity index (χ2n) is 7.65. The first-order valence-electron chi connectivity index (χ1n) is 8.58. The van der Waals surface area contributed by atoms with Gasteiger partial charge in [0.05, 0.1) is 6.04 Å². The third-order valence-corrected chi connectivity index (χ3v) is 4.72. The molecule has 0 spiro atoms. The highest BCUT2D eigenvalue weighted by molar-refractivity contribution is 5.94. The van der Waals surface area contributed by atoms with Crippen molar-refractivity contribution >= 4 is 18.3 Å². The maximum Gasteiger partial charge on any atom is 0.251 e. The zero-order chi connectivity index (χ0) is 17.3. The summed E-state index contributed by atoms with van der Waals surface area (Å²) in [6, 6.07) is 14.5. The van der Waals surface area contributed by atoms with Crippen LogP contribution in [0.4, 0.5) is 0 Å². The van der Waals surface area contributed by atoms with Crippen LogP contribution in [-0.2, 0) is 18.5 Å². The molecule has 4 heteroatoms. The molecule has 3 rings (SSSR count). The lowest BCUT2D eigenvalue weighted by molar-refractivity contribution is 0.0940. The average Bonchev–Trinajstić information content (AvgIpc) is 3.01. The number of amides is 1. The normalized spacial score (nSPS) is 14.4. The minimum atomic E-state index is -0.0166. The van der Waals surface area contributed by atoms with E-state index < -0.39 is 0 Å². The molecule has 134 valence electrons. The van der Waals surface area contributed by atoms with Gasteiger partial charge in [-0.1, -0.05) is 51.1 Å². The zero-order valence-electron chi connectivity index (χ0n) is 15.3. The van der Waals surface area contributed by atoms with Gasteiger partial charge in [-0.05, 0) is 46.7 Å². The molecule has 0 fully saturated rings. The molecule has 2 N–H and O–H groups in total. The lowest BCUT2D eigenvalue weighted by Crippen LogP contribution is -2.26. The first-order chi connectivity index (χ1) is 11.3. The fourth-order valence-electron chi connectivity index (χ4n) is 3.07. The van der Waals surface area contributed by atoms with Crippen LogP contribution in [0, 0.1) is 0 Å². The Morgan fingerprint density at radius 2 is 1.68 bits per heavy atom. The number of nitrogens with one attached hydrogen (secondary N) is 2. The van der Waals surface area contributed by atoms with E-state index in [-0.39, 0.29) is 29.8 Å². The summed E-state index contributed by atoms with van der Waals surface area (Å²) in [6.07, 6.45) is 0. The van der Waals surface area contributed by atoms with Crippen molar-refractivity contribution in [3.05, 3.63) is 70.3 Å². The highest BCUT2D eigenvalue weighted by Gasteiger charge is 2.17. The molecule has 1 heterocycles. The molecule has 2 aromatic rings. The van der Waals surface area contributed by atoms with E-state index in [1.807, 2.05) is 25.1 Å². The minimum Gasteiger partial charge on any atom is -0.346 e. The molecule has 3 nitrogen and oxygen atoms in total. The van der Waals surface area contributed by atoms with Gasteiger partial charge >= 0.3 is 0 Å². The summed E-state index contributed by atoms with van der Waals surface area (Å²) in [5.74, 6) is -0.0166. The van der Waals surface area contributed by atoms with Gasteiger partial charge < -0.3 is 10.6 Å². The van der Waals surface area contributed by atoms with E-state index >= 15 is 0 Å². The summed E-state index contributed by atoms with van der Waals surface area (Å²) in [5, 5.41) is 6.41. The van der Waals surface area contributed by atoms with Gasteiger partial charge in [0.25, 0.3) is 5.91 Å². The molecule has 25 heavy (non-hydrogen) atoms. The zero-order valence-corrected chi connectivity index (χ0v) is 16.2. The van der Waals surface area contributed by atoms with Crippen LogP contribution in [0.2, 0.25) is 0 Å². The molecular formula is C21H27ClN2O. The van der Waals surface area contributed by atoms with Crippen molar-refractivity contribution in [1.29, 1.82) is 0 Å². The summed E-state index contributed by atoms with van der Waals surface area (Å²) in [6.45, 7) is 10.4. The standard InChI is InChI=1S/C21H26N2O.ClH/c1-14(15-7-9-19(10-8-15)21(2,3)4)23-20(24)16-5-6-17-12-22-13-18(17)11-16;/h5-11,14,22H,12-13H2,1-4H3,(H,23,24);1H. The van der Waals surface area contributed by atoms with Crippen LogP contribution >= 0.6 is 12.4 Å². The van der Waals surface area contributed by atoms with E-state index in [2.05, 4.69) is 55.7 Å². The second kappa shape index (κ2) is 7.59. The Kier molecular flexibility index (Phi) is 5.91. The number of carbonyl (C=O) groups excluding carboxylic acids is 1. The number of hydrogen-bond acceptors (Lipinski definition) is 2. The Hall–Kier alpha value is -1.84. The van der Waals surface area contributed by atoms with E-state index in [4.69, 9.17) is 0 Å². The van der Waals surface area contributed by atoms with Crippen molar-refractivity contribution in [2.75, 3.05) is 0 Å². The molecule has 1 atom stereocenters. The predicted octanol–water partition coefficient (Wildman–Crippen LogP) is 4.50. The molecule has 1 aliphatic rings. The van der Waals surface area contributed by atoms with Crippen molar-refractivity contribution in [3.63, 3.8) is 0 Å². The van der Waals surface area contributed by atoms with Gasteiger partial charge in [-0.2, -0.15) is 0 Å². The molecule has 1 aliphatic heterocycles. The maximum atomic E-state index is 12.5. The largest absolute Gasteiger partial charge is 0.346 e. The Morgan fingerprint density at radius 1 is 1.04 bits per heavy atom. The lowest BCUT2D eigenvalue weighted by atomic mass is 9.86. The van der Waals surface area contributed by atoms with Gasteiger partial charge in [0.15, 0.2) is 0 Å².